The number of carbonyl (C=O) groups is 1. The molecule has 0 amide bonds. The molecule has 23 heavy (non-hydrogen) atoms. The van der Waals surface area contributed by atoms with Gasteiger partial charge in [0, 0.05) is 11.2 Å². The average molecular weight is 365 g/mol. The van der Waals surface area contributed by atoms with Gasteiger partial charge in [-0.05, 0) is 43.9 Å². The minimum absolute atomic E-state index is 0.182. The van der Waals surface area contributed by atoms with Crippen LogP contribution in [0, 0.1) is 17.3 Å². The van der Waals surface area contributed by atoms with Crippen LogP contribution in [0.15, 0.2) is 0 Å². The van der Waals surface area contributed by atoms with Crippen molar-refractivity contribution < 1.29 is 17.8 Å². The summed E-state index contributed by atoms with van der Waals surface area (Å²) in [7, 11) is -3.85. The van der Waals surface area contributed by atoms with Crippen molar-refractivity contribution in [2.24, 2.45) is 17.3 Å². The van der Waals surface area contributed by atoms with Crippen LogP contribution in [0.2, 0.25) is 0 Å². The quantitative estimate of drug-likeness (QED) is 0.530. The van der Waals surface area contributed by atoms with Gasteiger partial charge < -0.3 is 0 Å². The van der Waals surface area contributed by atoms with E-state index in [0.29, 0.717) is 17.5 Å². The molecule has 0 saturated heterocycles. The van der Waals surface area contributed by atoms with Crippen molar-refractivity contribution in [1.82, 2.24) is 0 Å². The molecule has 1 aliphatic carbocycles. The molecule has 1 aliphatic rings. The van der Waals surface area contributed by atoms with Gasteiger partial charge >= 0.3 is 0 Å². The molecule has 4 nitrogen and oxygen atoms in total. The molecule has 0 heterocycles. The van der Waals surface area contributed by atoms with Crippen LogP contribution in [0.3, 0.4) is 0 Å². The van der Waals surface area contributed by atoms with Crippen molar-refractivity contribution in [3.63, 3.8) is 0 Å². The molecular weight excluding hydrogens is 332 g/mol. The summed E-state index contributed by atoms with van der Waals surface area (Å²) in [5.41, 5.74) is -0.210. The molecule has 1 N–H and O–H groups in total. The molecule has 1 rings (SSSR count). The minimum Gasteiger partial charge on any atom is -0.287 e. The Bertz CT molecular complexity index is 475. The molecule has 0 spiro atoms. The number of carbonyl (C=O) groups excluding carboxylic acids is 1. The van der Waals surface area contributed by atoms with Gasteiger partial charge in [-0.25, -0.2) is 0 Å². The second-order valence-corrected chi connectivity index (χ2v) is 10.2. The van der Waals surface area contributed by atoms with Crippen LogP contribution in [0.4, 0.5) is 0 Å². The maximum absolute atomic E-state index is 12.6. The van der Waals surface area contributed by atoms with E-state index in [9.17, 15) is 13.2 Å². The van der Waals surface area contributed by atoms with Crippen molar-refractivity contribution in [2.75, 3.05) is 11.5 Å². The van der Waals surface area contributed by atoms with Gasteiger partial charge in [-0.3, -0.25) is 9.35 Å². The molecule has 0 aromatic carbocycles. The van der Waals surface area contributed by atoms with E-state index in [1.165, 1.54) is 24.6 Å². The Hall–Kier alpha value is -0.0700. The second-order valence-electron chi connectivity index (χ2n) is 7.59. The molecule has 136 valence electrons. The molecule has 2 unspecified atom stereocenters. The Kier molecular flexibility index (Phi) is 8.59. The lowest BCUT2D eigenvalue weighted by atomic mass is 9.73. The van der Waals surface area contributed by atoms with Crippen LogP contribution >= 0.6 is 11.8 Å². The first-order chi connectivity index (χ1) is 10.6. The van der Waals surface area contributed by atoms with Gasteiger partial charge in [0.05, 0.1) is 5.75 Å². The van der Waals surface area contributed by atoms with E-state index in [1.807, 2.05) is 0 Å². The third-order valence-electron chi connectivity index (χ3n) is 4.80. The fraction of sp³-hybridized carbons (Fsp3) is 0.941. The zero-order chi connectivity index (χ0) is 17.5. The average Bonchev–Trinajstić information content (AvgIpc) is 2.39. The van der Waals surface area contributed by atoms with E-state index in [2.05, 4.69) is 20.8 Å². The Morgan fingerprint density at radius 3 is 2.57 bits per heavy atom. The molecule has 1 fully saturated rings. The zero-order valence-electron chi connectivity index (χ0n) is 14.7. The number of hydrogen-bond donors (Lipinski definition) is 1. The number of thioether (sulfide) groups is 1. The lowest BCUT2D eigenvalue weighted by Gasteiger charge is -2.34. The van der Waals surface area contributed by atoms with E-state index >= 15 is 0 Å². The van der Waals surface area contributed by atoms with Crippen molar-refractivity contribution in [3.8, 4) is 0 Å². The molecule has 3 atom stereocenters. The maximum Gasteiger partial charge on any atom is 0.264 e. The number of rotatable bonds is 7. The highest BCUT2D eigenvalue weighted by Gasteiger charge is 2.35. The van der Waals surface area contributed by atoms with Gasteiger partial charge in [-0.1, -0.05) is 51.8 Å². The predicted molar refractivity (Wildman–Crippen MR) is 97.3 cm³/mol. The third kappa shape index (κ3) is 8.54. The van der Waals surface area contributed by atoms with Crippen molar-refractivity contribution in [1.29, 1.82) is 0 Å². The Morgan fingerprint density at radius 2 is 1.91 bits per heavy atom. The normalized spacial score (nSPS) is 29.7. The monoisotopic (exact) mass is 364 g/mol. The van der Waals surface area contributed by atoms with Crippen LogP contribution in [-0.2, 0) is 14.9 Å². The first-order valence-corrected chi connectivity index (χ1v) is 11.3. The summed E-state index contributed by atoms with van der Waals surface area (Å²) in [4.78, 5) is 12.6. The van der Waals surface area contributed by atoms with Gasteiger partial charge in [-0.15, -0.1) is 0 Å². The molecule has 0 bridgehead atoms. The summed E-state index contributed by atoms with van der Waals surface area (Å²) in [6.07, 6.45) is 7.52. The Balaban J connectivity index is 2.34. The van der Waals surface area contributed by atoms with E-state index in [4.69, 9.17) is 4.55 Å². The van der Waals surface area contributed by atoms with E-state index in [-0.39, 0.29) is 11.2 Å². The topological polar surface area (TPSA) is 71.4 Å². The van der Waals surface area contributed by atoms with Crippen LogP contribution < -0.4 is 0 Å². The highest BCUT2D eigenvalue weighted by Crippen LogP contribution is 2.41. The van der Waals surface area contributed by atoms with Gasteiger partial charge in [-0.2, -0.15) is 8.42 Å². The lowest BCUT2D eigenvalue weighted by molar-refractivity contribution is -0.120. The molecule has 0 aromatic rings. The zero-order valence-corrected chi connectivity index (χ0v) is 16.3. The summed E-state index contributed by atoms with van der Waals surface area (Å²) in [5.74, 6) is 1.92. The molecular formula is C17H32O4S2. The molecule has 1 saturated carbocycles. The van der Waals surface area contributed by atoms with Gasteiger partial charge in [0.15, 0.2) is 5.12 Å². The summed E-state index contributed by atoms with van der Waals surface area (Å²) in [5, 5.41) is 0.300. The minimum atomic E-state index is -3.85. The van der Waals surface area contributed by atoms with Crippen LogP contribution in [0.25, 0.3) is 0 Å². The first kappa shape index (κ1) is 21.0. The molecule has 6 heteroatoms. The smallest absolute Gasteiger partial charge is 0.264 e. The molecule has 0 aromatic heterocycles. The summed E-state index contributed by atoms with van der Waals surface area (Å²) in [6, 6.07) is 0. The summed E-state index contributed by atoms with van der Waals surface area (Å²) < 4.78 is 29.9. The fourth-order valence-electron chi connectivity index (χ4n) is 3.69. The Labute approximate surface area is 145 Å². The molecule has 0 aliphatic heterocycles. The van der Waals surface area contributed by atoms with Crippen molar-refractivity contribution >= 4 is 27.0 Å². The van der Waals surface area contributed by atoms with Gasteiger partial charge in [0.1, 0.15) is 0 Å². The highest BCUT2D eigenvalue weighted by atomic mass is 32.2. The number of unbranched alkanes of at least 4 members (excludes halogenated alkanes) is 2. The standard InChI is InChI=1S/C17H32O4S2/c1-14-8-7-9-17(3,13-15(2)12-14)16(18)22-10-5-4-6-11-23(19,20)21/h14-15H,4-13H2,1-3H3,(H,19,20,21)/t14?,15-,17?/m0/s1. The predicted octanol–water partition coefficient (Wildman–Crippen LogP) is 4.55. The van der Waals surface area contributed by atoms with E-state index < -0.39 is 10.1 Å². The number of hydrogen-bond acceptors (Lipinski definition) is 4. The SMILES string of the molecule is CC1CCCC(C)(C(=O)SCCCCCS(=O)(=O)O)C[C@@H](C)C1. The van der Waals surface area contributed by atoms with Crippen LogP contribution in [0.5, 0.6) is 0 Å². The van der Waals surface area contributed by atoms with Crippen molar-refractivity contribution in [3.05, 3.63) is 0 Å². The second kappa shape index (κ2) is 9.42. The first-order valence-electron chi connectivity index (χ1n) is 8.75. The fourth-order valence-corrected chi connectivity index (χ4v) is 5.32. The van der Waals surface area contributed by atoms with E-state index in [1.54, 1.807) is 0 Å². The third-order valence-corrected chi connectivity index (χ3v) is 6.85. The maximum atomic E-state index is 12.6. The van der Waals surface area contributed by atoms with E-state index in [0.717, 1.165) is 43.8 Å². The largest absolute Gasteiger partial charge is 0.287 e. The van der Waals surface area contributed by atoms with Crippen LogP contribution in [-0.4, -0.2) is 29.6 Å². The summed E-state index contributed by atoms with van der Waals surface area (Å²) in [6.45, 7) is 6.68. The highest BCUT2D eigenvalue weighted by molar-refractivity contribution is 8.13. The molecule has 0 radical (unpaired) electrons. The Morgan fingerprint density at radius 1 is 1.22 bits per heavy atom. The van der Waals surface area contributed by atoms with Crippen molar-refractivity contribution in [2.45, 2.75) is 72.1 Å². The lowest BCUT2D eigenvalue weighted by Crippen LogP contribution is -2.30. The van der Waals surface area contributed by atoms with Crippen LogP contribution in [0.1, 0.15) is 72.1 Å². The van der Waals surface area contributed by atoms with Gasteiger partial charge in [0.25, 0.3) is 10.1 Å². The van der Waals surface area contributed by atoms with Gasteiger partial charge in [0.2, 0.25) is 0 Å². The summed E-state index contributed by atoms with van der Waals surface area (Å²) >= 11 is 1.41.